The van der Waals surface area contributed by atoms with Crippen molar-refractivity contribution in [2.45, 2.75) is 76.2 Å². The maximum Gasteiger partial charge on any atom is 0.439 e. The van der Waals surface area contributed by atoms with Crippen LogP contribution >= 0.6 is 0 Å². The van der Waals surface area contributed by atoms with E-state index in [1.54, 1.807) is 6.20 Å². The van der Waals surface area contributed by atoms with Gasteiger partial charge in [-0.25, -0.2) is 9.78 Å². The summed E-state index contributed by atoms with van der Waals surface area (Å²) in [6, 6.07) is 13.1. The average Bonchev–Trinajstić information content (AvgIpc) is 3.43. The highest BCUT2D eigenvalue weighted by Crippen LogP contribution is 2.45. The molecule has 37 heavy (non-hydrogen) atoms. The molecule has 2 saturated heterocycles. The quantitative estimate of drug-likeness (QED) is 0.379. The van der Waals surface area contributed by atoms with E-state index in [2.05, 4.69) is 55.9 Å². The number of aromatic amines is 1. The Morgan fingerprint density at radius 1 is 1.03 bits per heavy atom. The molecule has 3 atom stereocenters. The summed E-state index contributed by atoms with van der Waals surface area (Å²) in [7, 11) is 0. The van der Waals surface area contributed by atoms with Gasteiger partial charge in [0.15, 0.2) is 5.82 Å². The van der Waals surface area contributed by atoms with Crippen molar-refractivity contribution in [1.82, 2.24) is 20.3 Å². The Hall–Kier alpha value is -3.72. The Morgan fingerprint density at radius 3 is 2.51 bits per heavy atom. The lowest BCUT2D eigenvalue weighted by Crippen LogP contribution is -2.46. The first-order chi connectivity index (χ1) is 18.1. The molecule has 4 aromatic rings. The van der Waals surface area contributed by atoms with E-state index in [-0.39, 0.29) is 6.10 Å². The third kappa shape index (κ3) is 4.17. The Morgan fingerprint density at radius 2 is 1.84 bits per heavy atom. The van der Waals surface area contributed by atoms with Gasteiger partial charge in [-0.1, -0.05) is 34.6 Å². The van der Waals surface area contributed by atoms with Crippen molar-refractivity contribution in [3.8, 4) is 22.6 Å². The molecule has 0 amide bonds. The third-order valence-corrected chi connectivity index (χ3v) is 8.05. The second-order valence-corrected chi connectivity index (χ2v) is 10.5. The molecular weight excluding hydrogens is 470 g/mol. The molecule has 0 spiro atoms. The van der Waals surface area contributed by atoms with Crippen LogP contribution in [0.2, 0.25) is 0 Å². The molecule has 1 N–H and O–H groups in total. The van der Waals surface area contributed by atoms with Gasteiger partial charge in [-0.05, 0) is 63.1 Å². The highest BCUT2D eigenvalue weighted by Gasteiger charge is 2.42. The Balaban J connectivity index is 1.06. The van der Waals surface area contributed by atoms with Crippen LogP contribution in [0.25, 0.3) is 22.6 Å². The zero-order chi connectivity index (χ0) is 24.9. The highest BCUT2D eigenvalue weighted by molar-refractivity contribution is 5.67. The number of fused-ring (bicyclic) bond motifs is 2. The molecule has 2 bridgehead atoms. The third-order valence-electron chi connectivity index (χ3n) is 8.05. The van der Waals surface area contributed by atoms with E-state index in [0.717, 1.165) is 72.5 Å². The number of benzene rings is 1. The zero-order valence-electron chi connectivity index (χ0n) is 20.7. The van der Waals surface area contributed by atoms with Crippen LogP contribution in [-0.4, -0.2) is 38.5 Å². The number of hydrogen-bond acceptors (Lipinski definition) is 8. The lowest BCUT2D eigenvalue weighted by atomic mass is 9.98. The number of piperidine rings is 1. The monoisotopic (exact) mass is 499 g/mol. The molecule has 5 heterocycles. The molecular formula is C28H29N5O4. The van der Waals surface area contributed by atoms with Crippen LogP contribution in [-0.2, 0) is 11.3 Å². The van der Waals surface area contributed by atoms with Crippen molar-refractivity contribution in [3.05, 3.63) is 70.0 Å². The molecule has 1 aliphatic carbocycles. The van der Waals surface area contributed by atoms with Crippen LogP contribution in [0.5, 0.6) is 0 Å². The molecule has 2 aliphatic heterocycles. The van der Waals surface area contributed by atoms with Gasteiger partial charge < -0.3 is 14.2 Å². The normalized spacial score (nSPS) is 23.1. The van der Waals surface area contributed by atoms with Crippen molar-refractivity contribution >= 4 is 5.82 Å². The zero-order valence-corrected chi connectivity index (χ0v) is 20.7. The maximum atomic E-state index is 11.3. The van der Waals surface area contributed by atoms with Crippen LogP contribution in [0.4, 0.5) is 5.82 Å². The van der Waals surface area contributed by atoms with Gasteiger partial charge >= 0.3 is 5.76 Å². The van der Waals surface area contributed by atoms with Gasteiger partial charge in [-0.15, -0.1) is 0 Å². The summed E-state index contributed by atoms with van der Waals surface area (Å²) in [6.07, 6.45) is 8.48. The fraction of sp³-hybridized carbons (Fsp3) is 0.429. The Kier molecular flexibility index (Phi) is 5.46. The molecule has 190 valence electrons. The second-order valence-electron chi connectivity index (χ2n) is 10.5. The fourth-order valence-corrected chi connectivity index (χ4v) is 6.05. The average molecular weight is 500 g/mol. The van der Waals surface area contributed by atoms with E-state index < -0.39 is 5.76 Å². The number of nitrogens with one attached hydrogen (secondary N) is 1. The number of ether oxygens (including phenoxy) is 1. The van der Waals surface area contributed by atoms with Gasteiger partial charge in [-0.3, -0.25) is 9.51 Å². The van der Waals surface area contributed by atoms with Gasteiger partial charge in [0, 0.05) is 40.9 Å². The molecule has 1 unspecified atom stereocenters. The lowest BCUT2D eigenvalue weighted by molar-refractivity contribution is 0.0146. The number of nitrogens with zero attached hydrogens (tertiary/aromatic N) is 4. The minimum Gasteiger partial charge on any atom is -0.373 e. The van der Waals surface area contributed by atoms with Crippen molar-refractivity contribution in [1.29, 1.82) is 0 Å². The number of H-pyrrole nitrogens is 1. The molecule has 1 saturated carbocycles. The van der Waals surface area contributed by atoms with Crippen LogP contribution in [0.15, 0.2) is 56.4 Å². The summed E-state index contributed by atoms with van der Waals surface area (Å²) < 4.78 is 17.1. The number of hydrogen-bond donors (Lipinski definition) is 1. The van der Waals surface area contributed by atoms with E-state index >= 15 is 0 Å². The van der Waals surface area contributed by atoms with E-state index in [9.17, 15) is 4.79 Å². The van der Waals surface area contributed by atoms with E-state index in [4.69, 9.17) is 14.2 Å². The SMILES string of the molecule is Cc1ccccc1-c1noc(C2CC2)c1COC1C[C@H]2CC[C@@H](C1)N2c1ccc(-c2noc(=O)[nH]2)cn1. The molecule has 1 aromatic carbocycles. The first-order valence-electron chi connectivity index (χ1n) is 13.1. The predicted molar refractivity (Wildman–Crippen MR) is 136 cm³/mol. The molecule has 9 nitrogen and oxygen atoms in total. The highest BCUT2D eigenvalue weighted by atomic mass is 16.5. The topological polar surface area (TPSA) is 110 Å². The summed E-state index contributed by atoms with van der Waals surface area (Å²) >= 11 is 0. The maximum absolute atomic E-state index is 11.3. The summed E-state index contributed by atoms with van der Waals surface area (Å²) in [4.78, 5) is 21.0. The van der Waals surface area contributed by atoms with Gasteiger partial charge in [0.1, 0.15) is 17.3 Å². The van der Waals surface area contributed by atoms with E-state index in [1.807, 2.05) is 12.1 Å². The first kappa shape index (κ1) is 22.5. The first-order valence-corrected chi connectivity index (χ1v) is 13.1. The van der Waals surface area contributed by atoms with Gasteiger partial charge in [-0.2, -0.15) is 0 Å². The number of anilines is 1. The minimum absolute atomic E-state index is 0.194. The van der Waals surface area contributed by atoms with Crippen molar-refractivity contribution in [2.24, 2.45) is 0 Å². The van der Waals surface area contributed by atoms with Crippen LogP contribution < -0.4 is 10.7 Å². The van der Waals surface area contributed by atoms with Crippen molar-refractivity contribution < 1.29 is 13.8 Å². The van der Waals surface area contributed by atoms with Gasteiger partial charge in [0.2, 0.25) is 0 Å². The summed E-state index contributed by atoms with van der Waals surface area (Å²) in [5.41, 5.74) is 5.09. The largest absolute Gasteiger partial charge is 0.439 e. The van der Waals surface area contributed by atoms with Gasteiger partial charge in [0.25, 0.3) is 0 Å². The lowest BCUT2D eigenvalue weighted by Gasteiger charge is -2.39. The molecule has 3 fully saturated rings. The molecule has 0 radical (unpaired) electrons. The smallest absolute Gasteiger partial charge is 0.373 e. The number of rotatable bonds is 7. The number of aryl methyl sites for hydroxylation is 1. The number of aromatic nitrogens is 4. The summed E-state index contributed by atoms with van der Waals surface area (Å²) in [5, 5.41) is 8.24. The molecule has 3 aliphatic rings. The summed E-state index contributed by atoms with van der Waals surface area (Å²) in [5.74, 6) is 2.27. The second kappa shape index (κ2) is 8.99. The Labute approximate surface area is 213 Å². The molecule has 7 rings (SSSR count). The van der Waals surface area contributed by atoms with Crippen LogP contribution in [0.3, 0.4) is 0 Å². The minimum atomic E-state index is -0.569. The summed E-state index contributed by atoms with van der Waals surface area (Å²) in [6.45, 7) is 2.65. The molecule has 9 heteroatoms. The fourth-order valence-electron chi connectivity index (χ4n) is 6.05. The van der Waals surface area contributed by atoms with Crippen LogP contribution in [0.1, 0.15) is 61.3 Å². The van der Waals surface area contributed by atoms with E-state index in [0.29, 0.717) is 30.4 Å². The predicted octanol–water partition coefficient (Wildman–Crippen LogP) is 4.98. The van der Waals surface area contributed by atoms with Crippen LogP contribution in [0, 0.1) is 6.92 Å². The standard InChI is InChI=1S/C28H29N5O4/c1-16-4-2-3-5-22(16)25-23(26(36-31-25)17-6-7-17)15-35-21-12-19-9-10-20(13-21)33(19)24-11-8-18(14-29-24)27-30-28(34)37-32-27/h2-5,8,11,14,17,19-21H,6-7,9-10,12-13,15H2,1H3,(H,30,32,34)/t19-,20+,21?. The van der Waals surface area contributed by atoms with E-state index in [1.165, 1.54) is 5.56 Å². The molecule has 3 aromatic heterocycles. The number of pyridine rings is 1. The van der Waals surface area contributed by atoms with Gasteiger partial charge in [0.05, 0.1) is 12.7 Å². The van der Waals surface area contributed by atoms with Crippen molar-refractivity contribution in [3.63, 3.8) is 0 Å². The Bertz CT molecular complexity index is 1450. The van der Waals surface area contributed by atoms with Crippen molar-refractivity contribution in [2.75, 3.05) is 4.90 Å².